The molecule has 2 N–H and O–H groups in total. The molecule has 0 heterocycles. The Hall–Kier alpha value is -1.59. The van der Waals surface area contributed by atoms with Crippen LogP contribution in [0.15, 0.2) is 24.3 Å². The van der Waals surface area contributed by atoms with Gasteiger partial charge in [-0.1, -0.05) is 11.6 Å². The summed E-state index contributed by atoms with van der Waals surface area (Å²) in [5, 5.41) is 13.1. The maximum absolute atomic E-state index is 11.7. The van der Waals surface area contributed by atoms with Crippen LogP contribution in [0, 0.1) is 0 Å². The Morgan fingerprint density at radius 2 is 1.95 bits per heavy atom. The highest BCUT2D eigenvalue weighted by molar-refractivity contribution is 6.30. The van der Waals surface area contributed by atoms with Crippen LogP contribution in [0.1, 0.15) is 13.8 Å². The molecule has 0 aliphatic heterocycles. The molecule has 0 unspecified atom stereocenters. The predicted octanol–water partition coefficient (Wildman–Crippen LogP) is 1.63. The molecule has 0 radical (unpaired) electrons. The molecule has 0 bridgehead atoms. The van der Waals surface area contributed by atoms with Gasteiger partial charge in [0.15, 0.2) is 11.8 Å². The summed E-state index contributed by atoms with van der Waals surface area (Å²) in [6.07, 6.45) is -1.46. The molecule has 1 aromatic carbocycles. The van der Waals surface area contributed by atoms with Crippen molar-refractivity contribution >= 4 is 29.0 Å². The Labute approximate surface area is 116 Å². The molecule has 2 atom stereocenters. The minimum absolute atomic E-state index is 0.169. The second kappa shape index (κ2) is 7.11. The van der Waals surface area contributed by atoms with Gasteiger partial charge in [-0.25, -0.2) is 4.79 Å². The Morgan fingerprint density at radius 3 is 2.42 bits per heavy atom. The number of aliphatic hydroxyl groups is 1. The summed E-state index contributed by atoms with van der Waals surface area (Å²) in [6.45, 7) is 3.03. The number of anilines is 1. The van der Waals surface area contributed by atoms with E-state index in [9.17, 15) is 14.7 Å². The number of hydrogen-bond donors (Lipinski definition) is 2. The number of rotatable bonds is 6. The van der Waals surface area contributed by atoms with Gasteiger partial charge in [0.25, 0.3) is 0 Å². The number of esters is 1. The van der Waals surface area contributed by atoms with E-state index in [0.717, 1.165) is 0 Å². The number of ether oxygens (including phenoxy) is 1. The van der Waals surface area contributed by atoms with Crippen molar-refractivity contribution in [3.8, 4) is 0 Å². The van der Waals surface area contributed by atoms with Gasteiger partial charge in [-0.2, -0.15) is 0 Å². The third-order valence-corrected chi connectivity index (χ3v) is 2.69. The fourth-order valence-corrected chi connectivity index (χ4v) is 1.59. The molecule has 0 fully saturated rings. The monoisotopic (exact) mass is 285 g/mol. The lowest BCUT2D eigenvalue weighted by Crippen LogP contribution is -2.45. The van der Waals surface area contributed by atoms with E-state index in [2.05, 4.69) is 5.32 Å². The first-order valence-corrected chi connectivity index (χ1v) is 6.20. The average Bonchev–Trinajstić information content (AvgIpc) is 2.37. The zero-order valence-corrected chi connectivity index (χ0v) is 11.5. The van der Waals surface area contributed by atoms with Crippen molar-refractivity contribution in [2.45, 2.75) is 26.0 Å². The predicted molar refractivity (Wildman–Crippen MR) is 72.2 cm³/mol. The van der Waals surface area contributed by atoms with Crippen molar-refractivity contribution in [1.82, 2.24) is 0 Å². The highest BCUT2D eigenvalue weighted by atomic mass is 35.5. The molecule has 0 amide bonds. The maximum atomic E-state index is 11.7. The molecule has 5 nitrogen and oxygen atoms in total. The molecule has 19 heavy (non-hydrogen) atoms. The smallest absolute Gasteiger partial charge is 0.331 e. The highest BCUT2D eigenvalue weighted by Crippen LogP contribution is 2.16. The molecule has 6 heteroatoms. The van der Waals surface area contributed by atoms with Crippen LogP contribution in [0.4, 0.5) is 5.69 Å². The molecule has 1 aromatic rings. The van der Waals surface area contributed by atoms with E-state index in [1.165, 1.54) is 6.92 Å². The second-order valence-electron chi connectivity index (χ2n) is 3.94. The highest BCUT2D eigenvalue weighted by Gasteiger charge is 2.31. The van der Waals surface area contributed by atoms with Crippen LogP contribution < -0.4 is 5.32 Å². The van der Waals surface area contributed by atoms with Crippen LogP contribution in [-0.2, 0) is 14.3 Å². The van der Waals surface area contributed by atoms with E-state index >= 15 is 0 Å². The van der Waals surface area contributed by atoms with E-state index in [1.54, 1.807) is 31.2 Å². The van der Waals surface area contributed by atoms with Gasteiger partial charge < -0.3 is 15.2 Å². The number of carbonyl (C=O) groups excluding carboxylic acids is 2. The Balaban J connectivity index is 2.87. The second-order valence-corrected chi connectivity index (χ2v) is 4.37. The Morgan fingerprint density at radius 1 is 1.37 bits per heavy atom. The minimum Gasteiger partial charge on any atom is -0.464 e. The quantitative estimate of drug-likeness (QED) is 0.777. The number of nitrogens with one attached hydrogen (secondary N) is 1. The van der Waals surface area contributed by atoms with Crippen molar-refractivity contribution in [2.24, 2.45) is 0 Å². The SMILES string of the molecule is CCOC(=O)[C@H](Nc1ccc(Cl)cc1)[C@H](O)C(C)=O. The van der Waals surface area contributed by atoms with E-state index in [1.807, 2.05) is 0 Å². The fraction of sp³-hybridized carbons (Fsp3) is 0.385. The van der Waals surface area contributed by atoms with E-state index in [4.69, 9.17) is 16.3 Å². The van der Waals surface area contributed by atoms with Crippen LogP contribution in [-0.4, -0.2) is 35.6 Å². The molecule has 0 aromatic heterocycles. The number of Topliss-reactive ketones (excluding diaryl/α,β-unsaturated/α-hetero) is 1. The fourth-order valence-electron chi connectivity index (χ4n) is 1.46. The number of ketones is 1. The third-order valence-electron chi connectivity index (χ3n) is 2.44. The number of aliphatic hydroxyl groups excluding tert-OH is 1. The van der Waals surface area contributed by atoms with E-state index in [0.29, 0.717) is 10.7 Å². The first-order chi connectivity index (χ1) is 8.95. The van der Waals surface area contributed by atoms with E-state index < -0.39 is 23.9 Å². The molecule has 0 saturated heterocycles. The van der Waals surface area contributed by atoms with Crippen molar-refractivity contribution in [3.05, 3.63) is 29.3 Å². The summed E-state index contributed by atoms with van der Waals surface area (Å²) < 4.78 is 4.83. The molecule has 0 aliphatic rings. The first kappa shape index (κ1) is 15.5. The van der Waals surface area contributed by atoms with Crippen LogP contribution in [0.3, 0.4) is 0 Å². The first-order valence-electron chi connectivity index (χ1n) is 5.83. The number of halogens is 1. The van der Waals surface area contributed by atoms with Crippen molar-refractivity contribution in [1.29, 1.82) is 0 Å². The van der Waals surface area contributed by atoms with Gasteiger partial charge in [0.1, 0.15) is 6.10 Å². The number of benzene rings is 1. The average molecular weight is 286 g/mol. The zero-order valence-electron chi connectivity index (χ0n) is 10.7. The van der Waals surface area contributed by atoms with Gasteiger partial charge in [-0.3, -0.25) is 4.79 Å². The summed E-state index contributed by atoms with van der Waals surface area (Å²) in [4.78, 5) is 23.0. The lowest BCUT2D eigenvalue weighted by atomic mass is 10.1. The molecule has 1 rings (SSSR count). The van der Waals surface area contributed by atoms with Crippen molar-refractivity contribution in [2.75, 3.05) is 11.9 Å². The molecule has 0 saturated carbocycles. The third kappa shape index (κ3) is 4.54. The van der Waals surface area contributed by atoms with Gasteiger partial charge in [-0.15, -0.1) is 0 Å². The van der Waals surface area contributed by atoms with Crippen LogP contribution >= 0.6 is 11.6 Å². The molecular weight excluding hydrogens is 270 g/mol. The number of carbonyl (C=O) groups is 2. The topological polar surface area (TPSA) is 75.6 Å². The van der Waals surface area contributed by atoms with Gasteiger partial charge in [0.2, 0.25) is 0 Å². The van der Waals surface area contributed by atoms with Gasteiger partial charge >= 0.3 is 5.97 Å². The van der Waals surface area contributed by atoms with Gasteiger partial charge in [0.05, 0.1) is 6.61 Å². The van der Waals surface area contributed by atoms with E-state index in [-0.39, 0.29) is 6.61 Å². The summed E-state index contributed by atoms with van der Waals surface area (Å²) in [5.41, 5.74) is 0.558. The summed E-state index contributed by atoms with van der Waals surface area (Å²) in [6, 6.07) is 5.40. The standard InChI is InChI=1S/C13H16ClNO4/c1-3-19-13(18)11(12(17)8(2)16)15-10-6-4-9(14)5-7-10/h4-7,11-12,15,17H,3H2,1-2H3/t11-,12-/m1/s1. The molecular formula is C13H16ClNO4. The van der Waals surface area contributed by atoms with Gasteiger partial charge in [-0.05, 0) is 38.1 Å². The number of hydrogen-bond acceptors (Lipinski definition) is 5. The normalized spacial score (nSPS) is 13.5. The van der Waals surface area contributed by atoms with Crippen LogP contribution in [0.2, 0.25) is 5.02 Å². The van der Waals surface area contributed by atoms with Crippen LogP contribution in [0.5, 0.6) is 0 Å². The zero-order chi connectivity index (χ0) is 14.4. The molecule has 0 spiro atoms. The van der Waals surface area contributed by atoms with Gasteiger partial charge in [0, 0.05) is 10.7 Å². The summed E-state index contributed by atoms with van der Waals surface area (Å²) in [7, 11) is 0. The van der Waals surface area contributed by atoms with Crippen molar-refractivity contribution in [3.63, 3.8) is 0 Å². The lowest BCUT2D eigenvalue weighted by molar-refractivity contribution is -0.149. The Kier molecular flexibility index (Phi) is 5.79. The lowest BCUT2D eigenvalue weighted by Gasteiger charge is -2.21. The Bertz CT molecular complexity index is 446. The maximum Gasteiger partial charge on any atom is 0.331 e. The largest absolute Gasteiger partial charge is 0.464 e. The minimum atomic E-state index is -1.46. The van der Waals surface area contributed by atoms with Crippen LogP contribution in [0.25, 0.3) is 0 Å². The molecule has 0 aliphatic carbocycles. The molecule has 104 valence electrons. The van der Waals surface area contributed by atoms with Crippen molar-refractivity contribution < 1.29 is 19.4 Å². The summed E-state index contributed by atoms with van der Waals surface area (Å²) >= 11 is 5.75. The summed E-state index contributed by atoms with van der Waals surface area (Å²) in [5.74, 6) is -1.19.